The van der Waals surface area contributed by atoms with Crippen LogP contribution in [0.15, 0.2) is 48.7 Å². The predicted octanol–water partition coefficient (Wildman–Crippen LogP) is 3.86. The number of hydrogen-bond acceptors (Lipinski definition) is 1. The van der Waals surface area contributed by atoms with Crippen LogP contribution >= 0.6 is 11.6 Å². The van der Waals surface area contributed by atoms with E-state index in [1.54, 1.807) is 0 Å². The van der Waals surface area contributed by atoms with Crippen molar-refractivity contribution in [3.63, 3.8) is 0 Å². The van der Waals surface area contributed by atoms with Crippen molar-refractivity contribution >= 4 is 17.2 Å². The van der Waals surface area contributed by atoms with Gasteiger partial charge in [0.05, 0.1) is 26.8 Å². The minimum absolute atomic E-state index is 0.746. The molecule has 21 heavy (non-hydrogen) atoms. The fraction of sp³-hybridized carbons (Fsp3) is 0.235. The van der Waals surface area contributed by atoms with E-state index in [0.29, 0.717) is 0 Å². The molecule has 0 N–H and O–H groups in total. The molecular weight excluding hydrogens is 282 g/mol. The van der Waals surface area contributed by atoms with Crippen molar-refractivity contribution in [3.05, 3.63) is 59.4 Å². The van der Waals surface area contributed by atoms with Gasteiger partial charge in [-0.2, -0.15) is 0 Å². The number of imidazole rings is 1. The molecule has 3 rings (SSSR count). The number of nitrogens with zero attached hydrogens (tertiary/aromatic N) is 3. The van der Waals surface area contributed by atoms with Gasteiger partial charge in [0.25, 0.3) is 0 Å². The number of aromatic nitrogens is 2. The second-order valence-corrected chi connectivity index (χ2v) is 6.73. The van der Waals surface area contributed by atoms with Crippen molar-refractivity contribution in [2.24, 2.45) is 0 Å². The standard InChI is InChI=1S/C17H19ClN3/c1-21(2,3)12-15-17(13-7-9-14(18)10-8-13)19-16-6-4-5-11-20(15)16/h4-11H,12H2,1-3H3/q+1. The second kappa shape index (κ2) is 5.17. The van der Waals surface area contributed by atoms with E-state index in [1.165, 1.54) is 5.69 Å². The van der Waals surface area contributed by atoms with E-state index in [-0.39, 0.29) is 0 Å². The molecule has 108 valence electrons. The van der Waals surface area contributed by atoms with E-state index in [0.717, 1.165) is 33.0 Å². The number of fused-ring (bicyclic) bond motifs is 1. The summed E-state index contributed by atoms with van der Waals surface area (Å²) in [4.78, 5) is 4.81. The van der Waals surface area contributed by atoms with E-state index < -0.39 is 0 Å². The Balaban J connectivity index is 2.21. The van der Waals surface area contributed by atoms with Crippen molar-refractivity contribution in [2.75, 3.05) is 21.1 Å². The lowest BCUT2D eigenvalue weighted by molar-refractivity contribution is -0.884. The summed E-state index contributed by atoms with van der Waals surface area (Å²) in [5.41, 5.74) is 4.34. The van der Waals surface area contributed by atoms with Crippen LogP contribution < -0.4 is 0 Å². The Morgan fingerprint density at radius 1 is 1.05 bits per heavy atom. The smallest absolute Gasteiger partial charge is 0.137 e. The molecule has 4 heteroatoms. The van der Waals surface area contributed by atoms with Gasteiger partial charge >= 0.3 is 0 Å². The summed E-state index contributed by atoms with van der Waals surface area (Å²) >= 11 is 6.00. The third-order valence-corrected chi connectivity index (χ3v) is 3.62. The molecule has 0 saturated carbocycles. The SMILES string of the molecule is C[N+](C)(C)Cc1c(-c2ccc(Cl)cc2)nc2ccccn12. The Bertz CT molecular complexity index is 767. The maximum Gasteiger partial charge on any atom is 0.137 e. The Hall–Kier alpha value is -1.84. The Kier molecular flexibility index (Phi) is 3.47. The molecule has 1 aromatic carbocycles. The van der Waals surface area contributed by atoms with E-state index in [1.807, 2.05) is 42.5 Å². The van der Waals surface area contributed by atoms with Gasteiger partial charge in [-0.25, -0.2) is 4.98 Å². The summed E-state index contributed by atoms with van der Waals surface area (Å²) in [6, 6.07) is 14.0. The van der Waals surface area contributed by atoms with Gasteiger partial charge in [0.15, 0.2) is 0 Å². The molecular formula is C17H19ClN3+. The zero-order valence-electron chi connectivity index (χ0n) is 12.5. The second-order valence-electron chi connectivity index (χ2n) is 6.29. The highest BCUT2D eigenvalue weighted by Crippen LogP contribution is 2.27. The van der Waals surface area contributed by atoms with Crippen LogP contribution in [0.3, 0.4) is 0 Å². The maximum absolute atomic E-state index is 6.00. The van der Waals surface area contributed by atoms with Gasteiger partial charge < -0.3 is 4.48 Å². The summed E-state index contributed by atoms with van der Waals surface area (Å²) in [5, 5.41) is 0.746. The van der Waals surface area contributed by atoms with Gasteiger partial charge in [0.2, 0.25) is 0 Å². The summed E-state index contributed by atoms with van der Waals surface area (Å²) < 4.78 is 3.02. The van der Waals surface area contributed by atoms with Crippen molar-refractivity contribution in [1.82, 2.24) is 9.38 Å². The van der Waals surface area contributed by atoms with Crippen LogP contribution in [0.4, 0.5) is 0 Å². The van der Waals surface area contributed by atoms with Gasteiger partial charge in [-0.15, -0.1) is 0 Å². The van der Waals surface area contributed by atoms with E-state index >= 15 is 0 Å². The number of halogens is 1. The van der Waals surface area contributed by atoms with Gasteiger partial charge in [-0.05, 0) is 24.3 Å². The predicted molar refractivity (Wildman–Crippen MR) is 87.4 cm³/mol. The first-order valence-corrected chi connectivity index (χ1v) is 7.34. The molecule has 2 aromatic heterocycles. The molecule has 0 aliphatic heterocycles. The first-order chi connectivity index (χ1) is 9.94. The normalized spacial score (nSPS) is 12.0. The number of pyridine rings is 1. The number of hydrogen-bond donors (Lipinski definition) is 0. The van der Waals surface area contributed by atoms with Crippen LogP contribution in [0, 0.1) is 0 Å². The monoisotopic (exact) mass is 300 g/mol. The molecule has 0 amide bonds. The highest BCUT2D eigenvalue weighted by Gasteiger charge is 2.19. The van der Waals surface area contributed by atoms with Crippen molar-refractivity contribution in [2.45, 2.75) is 6.54 Å². The molecule has 0 spiro atoms. The Morgan fingerprint density at radius 3 is 2.43 bits per heavy atom. The summed E-state index contributed by atoms with van der Waals surface area (Å²) in [6.45, 7) is 0.906. The third kappa shape index (κ3) is 2.94. The molecule has 0 saturated heterocycles. The highest BCUT2D eigenvalue weighted by atomic mass is 35.5. The van der Waals surface area contributed by atoms with E-state index in [2.05, 4.69) is 31.7 Å². The zero-order valence-corrected chi connectivity index (χ0v) is 13.3. The van der Waals surface area contributed by atoms with Crippen LogP contribution in [0.25, 0.3) is 16.9 Å². The molecule has 0 bridgehead atoms. The number of benzene rings is 1. The number of quaternary nitrogens is 1. The van der Waals surface area contributed by atoms with Crippen LogP contribution in [-0.2, 0) is 6.54 Å². The zero-order chi connectivity index (χ0) is 15.0. The van der Waals surface area contributed by atoms with Crippen LogP contribution in [0.5, 0.6) is 0 Å². The van der Waals surface area contributed by atoms with Gasteiger partial charge in [-0.1, -0.05) is 29.8 Å². The van der Waals surface area contributed by atoms with E-state index in [9.17, 15) is 0 Å². The maximum atomic E-state index is 6.00. The Labute approximate surface area is 130 Å². The van der Waals surface area contributed by atoms with Crippen molar-refractivity contribution in [3.8, 4) is 11.3 Å². The van der Waals surface area contributed by atoms with Crippen LogP contribution in [-0.4, -0.2) is 35.0 Å². The van der Waals surface area contributed by atoms with Gasteiger partial charge in [0, 0.05) is 16.8 Å². The summed E-state index contributed by atoms with van der Waals surface area (Å²) in [7, 11) is 6.57. The van der Waals surface area contributed by atoms with E-state index in [4.69, 9.17) is 16.6 Å². The molecule has 0 fully saturated rings. The topological polar surface area (TPSA) is 17.3 Å². The largest absolute Gasteiger partial charge is 0.326 e. The van der Waals surface area contributed by atoms with Gasteiger partial charge in [-0.3, -0.25) is 4.40 Å². The highest BCUT2D eigenvalue weighted by molar-refractivity contribution is 6.30. The molecule has 0 aliphatic rings. The average Bonchev–Trinajstić information content (AvgIpc) is 2.77. The fourth-order valence-electron chi connectivity index (χ4n) is 2.49. The Morgan fingerprint density at radius 2 is 1.76 bits per heavy atom. The molecule has 3 aromatic rings. The summed E-state index contributed by atoms with van der Waals surface area (Å²) in [5.74, 6) is 0. The lowest BCUT2D eigenvalue weighted by Gasteiger charge is -2.24. The van der Waals surface area contributed by atoms with Crippen molar-refractivity contribution < 1.29 is 4.48 Å². The third-order valence-electron chi connectivity index (χ3n) is 3.37. The molecule has 3 nitrogen and oxygen atoms in total. The van der Waals surface area contributed by atoms with Crippen LogP contribution in [0.1, 0.15) is 5.69 Å². The quantitative estimate of drug-likeness (QED) is 0.671. The minimum atomic E-state index is 0.746. The first kappa shape index (κ1) is 14.1. The van der Waals surface area contributed by atoms with Gasteiger partial charge in [0.1, 0.15) is 17.9 Å². The van der Waals surface area contributed by atoms with Crippen LogP contribution in [0.2, 0.25) is 5.02 Å². The molecule has 0 radical (unpaired) electrons. The summed E-state index contributed by atoms with van der Waals surface area (Å²) in [6.07, 6.45) is 2.08. The van der Waals surface area contributed by atoms with Crippen molar-refractivity contribution in [1.29, 1.82) is 0 Å². The molecule has 0 unspecified atom stereocenters. The molecule has 2 heterocycles. The first-order valence-electron chi connectivity index (χ1n) is 6.96. The average molecular weight is 301 g/mol. The lowest BCUT2D eigenvalue weighted by atomic mass is 10.1. The molecule has 0 atom stereocenters. The lowest BCUT2D eigenvalue weighted by Crippen LogP contribution is -2.34. The fourth-order valence-corrected chi connectivity index (χ4v) is 2.61. The minimum Gasteiger partial charge on any atom is -0.326 e. The molecule has 0 aliphatic carbocycles. The number of rotatable bonds is 3.